The van der Waals surface area contributed by atoms with E-state index in [1.807, 2.05) is 0 Å². The van der Waals surface area contributed by atoms with Crippen molar-refractivity contribution in [2.75, 3.05) is 7.05 Å². The Labute approximate surface area is 110 Å². The summed E-state index contributed by atoms with van der Waals surface area (Å²) >= 11 is 6.32. The van der Waals surface area contributed by atoms with Gasteiger partial charge in [-0.15, -0.1) is 0 Å². The monoisotopic (exact) mass is 251 g/mol. The van der Waals surface area contributed by atoms with E-state index < -0.39 is 0 Å². The Hall–Kier alpha value is -0.530. The highest BCUT2D eigenvalue weighted by Gasteiger charge is 2.34. The van der Waals surface area contributed by atoms with Crippen molar-refractivity contribution in [3.05, 3.63) is 34.3 Å². The first kappa shape index (κ1) is 12.9. The van der Waals surface area contributed by atoms with Crippen LogP contribution >= 0.6 is 11.6 Å². The molecule has 1 aromatic rings. The smallest absolute Gasteiger partial charge is 0.0440 e. The van der Waals surface area contributed by atoms with Crippen LogP contribution in [-0.2, 0) is 6.42 Å². The number of rotatable bonds is 3. The topological polar surface area (TPSA) is 12.0 Å². The van der Waals surface area contributed by atoms with Crippen LogP contribution in [0, 0.1) is 12.3 Å². The van der Waals surface area contributed by atoms with Crippen molar-refractivity contribution in [1.29, 1.82) is 0 Å². The van der Waals surface area contributed by atoms with Crippen LogP contribution in [-0.4, -0.2) is 13.1 Å². The van der Waals surface area contributed by atoms with Crippen molar-refractivity contribution in [1.82, 2.24) is 5.32 Å². The third kappa shape index (κ3) is 3.02. The second-order valence-corrected chi connectivity index (χ2v) is 6.22. The Bertz CT molecular complexity index is 402. The van der Waals surface area contributed by atoms with Crippen molar-refractivity contribution in [2.24, 2.45) is 5.41 Å². The van der Waals surface area contributed by atoms with Crippen LogP contribution in [0.2, 0.25) is 5.02 Å². The molecule has 1 aromatic carbocycles. The molecule has 1 nitrogen and oxygen atoms in total. The van der Waals surface area contributed by atoms with Crippen molar-refractivity contribution in [3.8, 4) is 0 Å². The zero-order chi connectivity index (χ0) is 12.5. The van der Waals surface area contributed by atoms with E-state index in [-0.39, 0.29) is 0 Å². The second kappa shape index (κ2) is 4.99. The number of nitrogens with one attached hydrogen (secondary N) is 1. The lowest BCUT2D eigenvalue weighted by Crippen LogP contribution is -2.24. The third-order valence-corrected chi connectivity index (χ3v) is 4.42. The quantitative estimate of drug-likeness (QED) is 0.857. The van der Waals surface area contributed by atoms with Gasteiger partial charge >= 0.3 is 0 Å². The van der Waals surface area contributed by atoms with E-state index in [0.29, 0.717) is 11.5 Å². The fourth-order valence-electron chi connectivity index (χ4n) is 2.98. The first-order chi connectivity index (χ1) is 8.02. The summed E-state index contributed by atoms with van der Waals surface area (Å²) in [6.45, 7) is 4.48. The van der Waals surface area contributed by atoms with E-state index in [4.69, 9.17) is 11.6 Å². The minimum atomic E-state index is 0.409. The molecule has 1 saturated carbocycles. The summed E-state index contributed by atoms with van der Waals surface area (Å²) in [5.74, 6) is 0. The van der Waals surface area contributed by atoms with Gasteiger partial charge in [-0.2, -0.15) is 0 Å². The van der Waals surface area contributed by atoms with Crippen molar-refractivity contribution < 1.29 is 0 Å². The number of hydrogen-bond acceptors (Lipinski definition) is 1. The summed E-state index contributed by atoms with van der Waals surface area (Å²) in [7, 11) is 2.06. The summed E-state index contributed by atoms with van der Waals surface area (Å²) in [5.41, 5.74) is 2.95. The van der Waals surface area contributed by atoms with Gasteiger partial charge in [-0.3, -0.25) is 0 Å². The normalized spacial score (nSPS) is 28.6. The minimum absolute atomic E-state index is 0.409. The fourth-order valence-corrected chi connectivity index (χ4v) is 3.29. The van der Waals surface area contributed by atoms with Gasteiger partial charge in [-0.25, -0.2) is 0 Å². The Morgan fingerprint density at radius 3 is 2.82 bits per heavy atom. The Balaban J connectivity index is 2.10. The molecule has 2 heteroatoms. The summed E-state index contributed by atoms with van der Waals surface area (Å²) in [5, 5.41) is 4.33. The molecule has 0 aromatic heterocycles. The van der Waals surface area contributed by atoms with E-state index >= 15 is 0 Å². The first-order valence-corrected chi connectivity index (χ1v) is 6.82. The number of benzene rings is 1. The van der Waals surface area contributed by atoms with Crippen molar-refractivity contribution >= 4 is 11.6 Å². The molecule has 1 fully saturated rings. The van der Waals surface area contributed by atoms with E-state index in [0.717, 1.165) is 11.4 Å². The maximum absolute atomic E-state index is 6.32. The third-order valence-electron chi connectivity index (χ3n) is 4.07. The van der Waals surface area contributed by atoms with Gasteiger partial charge in [0.2, 0.25) is 0 Å². The van der Waals surface area contributed by atoms with Crippen molar-refractivity contribution in [3.63, 3.8) is 0 Å². The zero-order valence-electron chi connectivity index (χ0n) is 11.0. The Morgan fingerprint density at radius 1 is 1.47 bits per heavy atom. The van der Waals surface area contributed by atoms with Crippen LogP contribution in [0.1, 0.15) is 37.3 Å². The highest BCUT2D eigenvalue weighted by molar-refractivity contribution is 6.31. The van der Waals surface area contributed by atoms with Gasteiger partial charge in [-0.1, -0.05) is 30.7 Å². The molecular formula is C15H22ClN. The molecule has 1 N–H and O–H groups in total. The van der Waals surface area contributed by atoms with Gasteiger partial charge in [0, 0.05) is 11.1 Å². The molecule has 0 saturated heterocycles. The van der Waals surface area contributed by atoms with E-state index in [9.17, 15) is 0 Å². The lowest BCUT2D eigenvalue weighted by molar-refractivity contribution is 0.324. The number of hydrogen-bond donors (Lipinski definition) is 1. The molecule has 2 unspecified atom stereocenters. The predicted octanol–water partition coefficient (Wildman–Crippen LogP) is 3.97. The van der Waals surface area contributed by atoms with Gasteiger partial charge in [0.25, 0.3) is 0 Å². The Kier molecular flexibility index (Phi) is 3.79. The summed E-state index contributed by atoms with van der Waals surface area (Å²) in [4.78, 5) is 0. The second-order valence-electron chi connectivity index (χ2n) is 5.81. The molecule has 0 aliphatic heterocycles. The largest absolute Gasteiger partial charge is 0.317 e. The van der Waals surface area contributed by atoms with E-state index in [1.165, 1.54) is 30.4 Å². The molecular weight excluding hydrogens is 230 g/mol. The van der Waals surface area contributed by atoms with Gasteiger partial charge in [0.1, 0.15) is 0 Å². The molecule has 0 bridgehead atoms. The van der Waals surface area contributed by atoms with Crippen LogP contribution in [0.3, 0.4) is 0 Å². The molecule has 0 heterocycles. The van der Waals surface area contributed by atoms with Crippen LogP contribution in [0.25, 0.3) is 0 Å². The molecule has 94 valence electrons. The Morgan fingerprint density at radius 2 is 2.24 bits per heavy atom. The lowest BCUT2D eigenvalue weighted by atomic mass is 9.82. The highest BCUT2D eigenvalue weighted by Crippen LogP contribution is 2.41. The number of halogens is 1. The van der Waals surface area contributed by atoms with Crippen LogP contribution in [0.4, 0.5) is 0 Å². The van der Waals surface area contributed by atoms with Gasteiger partial charge in [-0.05, 0) is 62.3 Å². The number of aryl methyl sites for hydroxylation is 1. The summed E-state index contributed by atoms with van der Waals surface area (Å²) in [6, 6.07) is 7.11. The average Bonchev–Trinajstić information content (AvgIpc) is 2.65. The van der Waals surface area contributed by atoms with E-state index in [2.05, 4.69) is 44.4 Å². The maximum Gasteiger partial charge on any atom is 0.0440 e. The molecule has 17 heavy (non-hydrogen) atoms. The fraction of sp³-hybridized carbons (Fsp3) is 0.600. The molecule has 0 amide bonds. The van der Waals surface area contributed by atoms with E-state index in [1.54, 1.807) is 0 Å². The van der Waals surface area contributed by atoms with Crippen LogP contribution in [0.5, 0.6) is 0 Å². The molecule has 1 aliphatic rings. The van der Waals surface area contributed by atoms with Crippen LogP contribution in [0.15, 0.2) is 18.2 Å². The van der Waals surface area contributed by atoms with Gasteiger partial charge in [0.05, 0.1) is 0 Å². The average molecular weight is 252 g/mol. The lowest BCUT2D eigenvalue weighted by Gasteiger charge is -2.25. The molecule has 1 aliphatic carbocycles. The first-order valence-electron chi connectivity index (χ1n) is 6.45. The van der Waals surface area contributed by atoms with Gasteiger partial charge < -0.3 is 5.32 Å². The summed E-state index contributed by atoms with van der Waals surface area (Å²) < 4.78 is 0. The SMILES string of the molecule is CNC1CCC(C)(Cc2ccc(C)cc2Cl)C1. The standard InChI is InChI=1S/C15H22ClN/c1-11-4-5-12(14(16)8-11)9-15(2)7-6-13(10-15)17-3/h4-5,8,13,17H,6-7,9-10H2,1-3H3. The van der Waals surface area contributed by atoms with Gasteiger partial charge in [0.15, 0.2) is 0 Å². The molecule has 0 radical (unpaired) electrons. The zero-order valence-corrected chi connectivity index (χ0v) is 11.8. The predicted molar refractivity (Wildman–Crippen MR) is 74.7 cm³/mol. The van der Waals surface area contributed by atoms with Crippen molar-refractivity contribution in [2.45, 2.75) is 45.6 Å². The highest BCUT2D eigenvalue weighted by atomic mass is 35.5. The van der Waals surface area contributed by atoms with Crippen LogP contribution < -0.4 is 5.32 Å². The molecule has 2 rings (SSSR count). The molecule has 2 atom stereocenters. The maximum atomic E-state index is 6.32. The molecule has 0 spiro atoms. The summed E-state index contributed by atoms with van der Waals surface area (Å²) in [6.07, 6.45) is 4.94. The minimum Gasteiger partial charge on any atom is -0.317 e.